The molecule has 1 saturated heterocycles. The maximum Gasteiger partial charge on any atom is 0.310 e. The standard InChI is InChI=1S/C6H5NO3.C6H12O5S/c8-6-4-2-1-3-5(6)7(9)10;7-1-2-3(8)4(9)5(10)6(12)11-2/h1-4,8H;2-10,12H,1H2/t;2-,3-,4+,5-,6+/m.1/s1. The van der Waals surface area contributed by atoms with E-state index in [4.69, 9.17) is 20.1 Å². The minimum Gasteiger partial charge on any atom is -0.502 e. The van der Waals surface area contributed by atoms with E-state index in [1.807, 2.05) is 0 Å². The second-order valence-electron chi connectivity index (χ2n) is 4.47. The number of para-hydroxylation sites is 2. The molecule has 1 aromatic carbocycles. The Balaban J connectivity index is 0.000000224. The van der Waals surface area contributed by atoms with Gasteiger partial charge in [-0.2, -0.15) is 0 Å². The highest BCUT2D eigenvalue weighted by Gasteiger charge is 2.41. The lowest BCUT2D eigenvalue weighted by molar-refractivity contribution is -0.385. The molecule has 22 heavy (non-hydrogen) atoms. The Labute approximate surface area is 131 Å². The van der Waals surface area contributed by atoms with Gasteiger partial charge in [-0.3, -0.25) is 10.1 Å². The lowest BCUT2D eigenvalue weighted by Crippen LogP contribution is -2.56. The van der Waals surface area contributed by atoms with E-state index in [0.717, 1.165) is 0 Å². The van der Waals surface area contributed by atoms with Gasteiger partial charge >= 0.3 is 5.69 Å². The fraction of sp³-hybridized carbons (Fsp3) is 0.500. The number of aliphatic hydroxyl groups excluding tert-OH is 4. The monoisotopic (exact) mass is 335 g/mol. The summed E-state index contributed by atoms with van der Waals surface area (Å²) in [5, 5.41) is 55.1. The molecule has 0 unspecified atom stereocenters. The summed E-state index contributed by atoms with van der Waals surface area (Å²) in [6.45, 7) is -0.415. The third kappa shape index (κ3) is 4.53. The molecule has 0 saturated carbocycles. The molecule has 10 heteroatoms. The number of hydrogen-bond acceptors (Lipinski definition) is 9. The highest BCUT2D eigenvalue weighted by atomic mass is 32.1. The summed E-state index contributed by atoms with van der Waals surface area (Å²) in [6, 6.07) is 5.55. The molecule has 0 radical (unpaired) electrons. The molecule has 1 fully saturated rings. The van der Waals surface area contributed by atoms with Gasteiger partial charge in [0.1, 0.15) is 29.9 Å². The zero-order valence-corrected chi connectivity index (χ0v) is 12.2. The first-order valence-corrected chi connectivity index (χ1v) is 6.72. The van der Waals surface area contributed by atoms with Crippen LogP contribution in [0.25, 0.3) is 0 Å². The fourth-order valence-corrected chi connectivity index (χ4v) is 2.03. The van der Waals surface area contributed by atoms with E-state index in [9.17, 15) is 20.3 Å². The van der Waals surface area contributed by atoms with Gasteiger partial charge in [-0.05, 0) is 6.07 Å². The lowest BCUT2D eigenvalue weighted by atomic mass is 10.0. The Kier molecular flexibility index (Phi) is 7.00. The smallest absolute Gasteiger partial charge is 0.310 e. The summed E-state index contributed by atoms with van der Waals surface area (Å²) >= 11 is 3.81. The zero-order valence-electron chi connectivity index (χ0n) is 11.3. The molecule has 0 amide bonds. The van der Waals surface area contributed by atoms with Gasteiger partial charge in [-0.15, -0.1) is 12.6 Å². The minimum absolute atomic E-state index is 0.262. The number of thiol groups is 1. The van der Waals surface area contributed by atoms with Crippen LogP contribution in [0.2, 0.25) is 0 Å². The number of benzene rings is 1. The Bertz CT molecular complexity index is 497. The van der Waals surface area contributed by atoms with Crippen LogP contribution in [-0.4, -0.2) is 66.9 Å². The van der Waals surface area contributed by atoms with Crippen molar-refractivity contribution in [3.05, 3.63) is 34.4 Å². The summed E-state index contributed by atoms with van der Waals surface area (Å²) in [5.74, 6) is -0.299. The summed E-state index contributed by atoms with van der Waals surface area (Å²) in [4.78, 5) is 9.44. The number of hydrogen-bond donors (Lipinski definition) is 6. The van der Waals surface area contributed by atoms with Gasteiger partial charge in [0.15, 0.2) is 5.75 Å². The molecule has 0 spiro atoms. The molecule has 5 atom stereocenters. The van der Waals surface area contributed by atoms with Gasteiger partial charge in [0.05, 0.1) is 11.5 Å². The van der Waals surface area contributed by atoms with Crippen molar-refractivity contribution < 1.29 is 35.2 Å². The number of nitro benzene ring substituents is 1. The summed E-state index contributed by atoms with van der Waals surface area (Å²) in [5.41, 5.74) is -1.14. The number of ether oxygens (including phenoxy) is 1. The molecule has 124 valence electrons. The molecule has 1 heterocycles. The molecular formula is C12H17NO8S. The number of aliphatic hydroxyl groups is 4. The first-order valence-electron chi connectivity index (χ1n) is 6.20. The average Bonchev–Trinajstić information content (AvgIpc) is 2.49. The molecule has 1 aliphatic heterocycles. The second kappa shape index (κ2) is 8.27. The maximum atomic E-state index is 10.1. The van der Waals surface area contributed by atoms with E-state index in [1.54, 1.807) is 0 Å². The molecule has 1 aromatic rings. The van der Waals surface area contributed by atoms with Crippen molar-refractivity contribution in [2.45, 2.75) is 29.9 Å². The Morgan fingerprint density at radius 3 is 2.23 bits per heavy atom. The molecule has 0 aromatic heterocycles. The van der Waals surface area contributed by atoms with E-state index < -0.39 is 41.4 Å². The SMILES string of the molecule is O=[N+]([O-])c1ccccc1O.OC[C@H]1O[C@@H](S)[C@H](O)[C@@H](O)[C@@H]1O. The van der Waals surface area contributed by atoms with Crippen LogP contribution in [0.3, 0.4) is 0 Å². The molecule has 5 N–H and O–H groups in total. The molecule has 1 aliphatic rings. The van der Waals surface area contributed by atoms with Gasteiger partial charge < -0.3 is 30.3 Å². The number of nitrogens with zero attached hydrogens (tertiary/aromatic N) is 1. The summed E-state index contributed by atoms with van der Waals surface area (Å²) < 4.78 is 4.88. The van der Waals surface area contributed by atoms with Crippen molar-refractivity contribution in [3.8, 4) is 5.75 Å². The molecule has 9 nitrogen and oxygen atoms in total. The molecular weight excluding hydrogens is 318 g/mol. The first kappa shape index (κ1) is 18.6. The Morgan fingerprint density at radius 2 is 1.77 bits per heavy atom. The van der Waals surface area contributed by atoms with Gasteiger partial charge in [0, 0.05) is 6.07 Å². The van der Waals surface area contributed by atoms with E-state index in [2.05, 4.69) is 12.6 Å². The highest BCUT2D eigenvalue weighted by molar-refractivity contribution is 7.80. The molecule has 0 aliphatic carbocycles. The summed E-state index contributed by atoms with van der Waals surface area (Å²) in [6.07, 6.45) is -4.70. The van der Waals surface area contributed by atoms with E-state index in [1.165, 1.54) is 24.3 Å². The van der Waals surface area contributed by atoms with Crippen LogP contribution < -0.4 is 0 Å². The van der Waals surface area contributed by atoms with Crippen molar-refractivity contribution in [1.29, 1.82) is 0 Å². The lowest BCUT2D eigenvalue weighted by Gasteiger charge is -2.37. The third-order valence-corrected chi connectivity index (χ3v) is 3.37. The van der Waals surface area contributed by atoms with Crippen LogP contribution in [0.4, 0.5) is 5.69 Å². The van der Waals surface area contributed by atoms with Crippen molar-refractivity contribution in [3.63, 3.8) is 0 Å². The first-order chi connectivity index (χ1) is 10.3. The van der Waals surface area contributed by atoms with E-state index in [-0.39, 0.29) is 11.4 Å². The van der Waals surface area contributed by atoms with Crippen LogP contribution >= 0.6 is 12.6 Å². The largest absolute Gasteiger partial charge is 0.502 e. The predicted octanol–water partition coefficient (Wildman–Crippen LogP) is -0.984. The van der Waals surface area contributed by atoms with Gasteiger partial charge in [-0.1, -0.05) is 12.1 Å². The van der Waals surface area contributed by atoms with Crippen LogP contribution in [0.15, 0.2) is 24.3 Å². The Hall–Kier alpha value is -1.43. The van der Waals surface area contributed by atoms with Crippen LogP contribution in [-0.2, 0) is 4.74 Å². The van der Waals surface area contributed by atoms with Crippen molar-refractivity contribution in [2.24, 2.45) is 0 Å². The van der Waals surface area contributed by atoms with Crippen molar-refractivity contribution in [1.82, 2.24) is 0 Å². The second-order valence-corrected chi connectivity index (χ2v) is 4.97. The van der Waals surface area contributed by atoms with Gasteiger partial charge in [-0.25, -0.2) is 0 Å². The Morgan fingerprint density at radius 1 is 1.18 bits per heavy atom. The number of rotatable bonds is 2. The van der Waals surface area contributed by atoms with Crippen LogP contribution in [0, 0.1) is 10.1 Å². The topological polar surface area (TPSA) is 154 Å². The predicted molar refractivity (Wildman–Crippen MR) is 77.5 cm³/mol. The van der Waals surface area contributed by atoms with Crippen LogP contribution in [0.5, 0.6) is 5.75 Å². The third-order valence-electron chi connectivity index (χ3n) is 2.95. The van der Waals surface area contributed by atoms with Crippen molar-refractivity contribution >= 4 is 18.3 Å². The zero-order chi connectivity index (χ0) is 16.9. The van der Waals surface area contributed by atoms with Crippen LogP contribution in [0.1, 0.15) is 0 Å². The normalized spacial score (nSPS) is 31.0. The number of phenols is 1. The molecule has 2 rings (SSSR count). The highest BCUT2D eigenvalue weighted by Crippen LogP contribution is 2.23. The summed E-state index contributed by atoms with van der Waals surface area (Å²) in [7, 11) is 0. The molecule has 0 bridgehead atoms. The van der Waals surface area contributed by atoms with Gasteiger partial charge in [0.2, 0.25) is 0 Å². The quantitative estimate of drug-likeness (QED) is 0.229. The van der Waals surface area contributed by atoms with Gasteiger partial charge in [0.25, 0.3) is 0 Å². The van der Waals surface area contributed by atoms with E-state index in [0.29, 0.717) is 0 Å². The maximum absolute atomic E-state index is 10.1. The minimum atomic E-state index is -1.32. The fourth-order valence-electron chi connectivity index (χ4n) is 1.70. The van der Waals surface area contributed by atoms with E-state index >= 15 is 0 Å². The average molecular weight is 335 g/mol. The number of nitro groups is 1. The van der Waals surface area contributed by atoms with Crippen molar-refractivity contribution in [2.75, 3.05) is 6.61 Å². The number of aromatic hydroxyl groups is 1. The number of phenolic OH excluding ortho intramolecular Hbond substituents is 1.